The summed E-state index contributed by atoms with van der Waals surface area (Å²) in [6.07, 6.45) is 3.66. The number of carbonyl (C=O) groups excluding carboxylic acids is 1. The fourth-order valence-corrected chi connectivity index (χ4v) is 3.92. The molecule has 0 saturated heterocycles. The van der Waals surface area contributed by atoms with Crippen molar-refractivity contribution >= 4 is 33.0 Å². The monoisotopic (exact) mass is 580 g/mol. The van der Waals surface area contributed by atoms with Gasteiger partial charge in [-0.1, -0.05) is 78.0 Å². The molecule has 0 amide bonds. The van der Waals surface area contributed by atoms with Gasteiger partial charge in [-0.2, -0.15) is 0 Å². The van der Waals surface area contributed by atoms with Gasteiger partial charge in [-0.05, 0) is 30.9 Å². The van der Waals surface area contributed by atoms with Crippen molar-refractivity contribution in [3.8, 4) is 0 Å². The van der Waals surface area contributed by atoms with Crippen molar-refractivity contribution in [3.63, 3.8) is 0 Å². The van der Waals surface area contributed by atoms with Gasteiger partial charge >= 0.3 is 5.78 Å². The van der Waals surface area contributed by atoms with Crippen LogP contribution in [0.3, 0.4) is 0 Å². The Morgan fingerprint density at radius 1 is 1.03 bits per heavy atom. The molecule has 3 aromatic rings. The number of aliphatic hydroxyl groups is 1. The third-order valence-corrected chi connectivity index (χ3v) is 5.20. The first-order valence-electron chi connectivity index (χ1n) is 10.1. The third-order valence-electron chi connectivity index (χ3n) is 5.20. The van der Waals surface area contributed by atoms with Gasteiger partial charge in [-0.15, -0.1) is 17.5 Å². The van der Waals surface area contributed by atoms with E-state index in [9.17, 15) is 0 Å². The summed E-state index contributed by atoms with van der Waals surface area (Å²) in [5.41, 5.74) is 2.54. The van der Waals surface area contributed by atoms with Gasteiger partial charge in [0.2, 0.25) is 0 Å². The molecule has 0 fully saturated rings. The molecule has 1 heterocycles. The predicted molar refractivity (Wildman–Crippen MR) is 124 cm³/mol. The van der Waals surface area contributed by atoms with Gasteiger partial charge in [-0.25, -0.2) is 0 Å². The van der Waals surface area contributed by atoms with Crippen molar-refractivity contribution in [2.24, 2.45) is 10.4 Å². The number of hydrogen-bond donors (Lipinski definition) is 1. The summed E-state index contributed by atoms with van der Waals surface area (Å²) >= 11 is 0. The number of nitrogens with zero attached hydrogens (tertiary/aromatic N) is 1. The smallest absolute Gasteiger partial charge is 0.316 e. The van der Waals surface area contributed by atoms with E-state index in [2.05, 4.69) is 68.4 Å². The van der Waals surface area contributed by atoms with E-state index in [0.29, 0.717) is 0 Å². The number of hydrogen-bond acceptors (Lipinski definition) is 2. The average molecular weight is 580 g/mol. The fourth-order valence-electron chi connectivity index (χ4n) is 3.92. The van der Waals surface area contributed by atoms with Crippen LogP contribution in [0.2, 0.25) is 0 Å². The first-order chi connectivity index (χ1) is 13.8. The van der Waals surface area contributed by atoms with Crippen molar-refractivity contribution in [1.29, 1.82) is 0 Å². The zero-order chi connectivity index (χ0) is 21.0. The molecule has 4 heteroatoms. The molecule has 3 nitrogen and oxygen atoms in total. The molecular weight excluding hydrogens is 551 g/mol. The number of allylic oxidation sites excluding steroid dienone is 2. The van der Waals surface area contributed by atoms with Crippen molar-refractivity contribution in [2.75, 3.05) is 6.54 Å². The Morgan fingerprint density at radius 3 is 2.20 bits per heavy atom. The minimum Gasteiger partial charge on any atom is -0.512 e. The van der Waals surface area contributed by atoms with Crippen molar-refractivity contribution in [3.05, 3.63) is 72.0 Å². The molecule has 4 rings (SSSR count). The maximum Gasteiger partial charge on any atom is 0.316 e. The van der Waals surface area contributed by atoms with Crippen LogP contribution in [0.1, 0.15) is 46.1 Å². The van der Waals surface area contributed by atoms with Crippen LogP contribution >= 0.6 is 0 Å². The van der Waals surface area contributed by atoms with E-state index in [1.807, 2.05) is 0 Å². The topological polar surface area (TPSA) is 54.0 Å². The van der Waals surface area contributed by atoms with Crippen molar-refractivity contribution in [1.82, 2.24) is 0 Å². The van der Waals surface area contributed by atoms with Crippen LogP contribution in [-0.4, -0.2) is 27.9 Å². The third kappa shape index (κ3) is 5.44. The first-order valence-corrected chi connectivity index (χ1v) is 10.1. The van der Waals surface area contributed by atoms with Gasteiger partial charge < -0.3 is 10.1 Å². The Bertz CT molecular complexity index is 1110. The maximum absolute atomic E-state index is 8.40. The minimum absolute atomic E-state index is 0. The van der Waals surface area contributed by atoms with Gasteiger partial charge in [0, 0.05) is 26.7 Å². The molecule has 30 heavy (non-hydrogen) atoms. The molecule has 0 aliphatic carbocycles. The molecule has 1 aliphatic rings. The zero-order valence-corrected chi connectivity index (χ0v) is 20.4. The molecule has 2 N–H and O–H groups in total. The number of ketones is 1. The van der Waals surface area contributed by atoms with Gasteiger partial charge in [0.15, 0.2) is 0 Å². The number of aliphatic hydroxyl groups excluding tert-OH is 1. The fraction of sp³-hybridized carbons (Fsp3) is 0.308. The van der Waals surface area contributed by atoms with E-state index < -0.39 is 0 Å². The van der Waals surface area contributed by atoms with E-state index in [-0.39, 0.29) is 37.1 Å². The minimum atomic E-state index is 0. The van der Waals surface area contributed by atoms with E-state index >= 15 is 0 Å². The van der Waals surface area contributed by atoms with Gasteiger partial charge in [0.05, 0.1) is 18.8 Å². The molecule has 159 valence electrons. The number of fused-ring (bicyclic) bond motifs is 3. The quantitative estimate of drug-likeness (QED) is 0.123. The summed E-state index contributed by atoms with van der Waals surface area (Å²) in [5, 5.41) is 13.4. The second-order valence-electron chi connectivity index (χ2n) is 8.24. The van der Waals surface area contributed by atoms with Gasteiger partial charge in [0.1, 0.15) is 0 Å². The second-order valence-corrected chi connectivity index (χ2v) is 8.24. The molecule has 1 aliphatic heterocycles. The van der Waals surface area contributed by atoms with Gasteiger partial charge in [-0.3, -0.25) is 4.79 Å². The maximum atomic E-state index is 8.40. The molecule has 0 saturated carbocycles. The standard InChI is InChI=1S/C21H20N.C5H8O2.Ir/c1-21(2)12-7-13-22-20(21)19-14-15-8-3-4-9-16(15)17-10-5-6-11-18(17)19;1-4(6)3-5(2)7;/h3-6,8-11H,7,12-13H2,1-2H3;3,6H,1-2H3;/q-1;;/p+1/b;4-3-;. The second kappa shape index (κ2) is 10.1. The summed E-state index contributed by atoms with van der Waals surface area (Å²) in [4.78, 5) is 13.3. The van der Waals surface area contributed by atoms with Crippen LogP contribution in [0.25, 0.3) is 21.5 Å². The number of benzene rings is 3. The Balaban J connectivity index is 0.000000350. The number of rotatable bonds is 2. The summed E-state index contributed by atoms with van der Waals surface area (Å²) in [6, 6.07) is 20.9. The van der Waals surface area contributed by atoms with Crippen LogP contribution in [0, 0.1) is 11.5 Å². The van der Waals surface area contributed by atoms with Crippen molar-refractivity contribution in [2.45, 2.75) is 40.5 Å². The van der Waals surface area contributed by atoms with E-state index in [1.54, 1.807) is 0 Å². The van der Waals surface area contributed by atoms with Crippen LogP contribution in [0.4, 0.5) is 0 Å². The van der Waals surface area contributed by atoms with E-state index in [1.165, 1.54) is 65.6 Å². The molecule has 0 atom stereocenters. The molecular formula is C26H29IrNO2. The van der Waals surface area contributed by atoms with E-state index in [0.717, 1.165) is 6.54 Å². The Morgan fingerprint density at radius 2 is 1.63 bits per heavy atom. The number of aliphatic imine (C=N–C) groups is 1. The Labute approximate surface area is 192 Å². The summed E-state index contributed by atoms with van der Waals surface area (Å²) in [7, 11) is 0. The molecule has 0 aromatic heterocycles. The van der Waals surface area contributed by atoms with Crippen LogP contribution in [-0.2, 0) is 20.1 Å². The average Bonchev–Trinajstić information content (AvgIpc) is 2.67. The molecule has 1 radical (unpaired) electrons. The largest absolute Gasteiger partial charge is 0.512 e. The predicted octanol–water partition coefficient (Wildman–Crippen LogP) is 6.41. The summed E-state index contributed by atoms with van der Waals surface area (Å²) in [6.45, 7) is 8.55. The first kappa shape index (κ1) is 24.0. The van der Waals surface area contributed by atoms with Crippen LogP contribution in [0.5, 0.6) is 0 Å². The van der Waals surface area contributed by atoms with Crippen LogP contribution in [0.15, 0.2) is 65.4 Å². The van der Waals surface area contributed by atoms with Crippen LogP contribution < -0.4 is 0 Å². The zero-order valence-electron chi connectivity index (χ0n) is 18.0. The van der Waals surface area contributed by atoms with Gasteiger partial charge in [0.25, 0.3) is 0 Å². The summed E-state index contributed by atoms with van der Waals surface area (Å²) in [5.74, 6) is 0.250. The Hall–Kier alpha value is -2.29. The van der Waals surface area contributed by atoms with Crippen molar-refractivity contribution < 1.29 is 30.0 Å². The molecule has 3 aromatic carbocycles. The molecule has 0 bridgehead atoms. The summed E-state index contributed by atoms with van der Waals surface area (Å²) < 4.78 is 0. The molecule has 0 spiro atoms. The normalized spacial score (nSPS) is 15.6. The SMILES string of the molecule is CC(=[OH+])/C=C(/C)O.CC1(C)CCCN=C1c1[c-]c2ccccc2c2ccccc12.[Ir]. The molecule has 0 unspecified atom stereocenters. The Kier molecular flexibility index (Phi) is 8.11. The van der Waals surface area contributed by atoms with E-state index in [4.69, 9.17) is 14.9 Å².